The van der Waals surface area contributed by atoms with Crippen LogP contribution in [0.1, 0.15) is 67.2 Å². The predicted octanol–water partition coefficient (Wildman–Crippen LogP) is 3.39. The molecule has 2 saturated carbocycles. The van der Waals surface area contributed by atoms with E-state index in [9.17, 15) is 10.2 Å². The van der Waals surface area contributed by atoms with Crippen LogP contribution in [0.15, 0.2) is 0 Å². The maximum absolute atomic E-state index is 10.5. The summed E-state index contributed by atoms with van der Waals surface area (Å²) in [6.45, 7) is 13.6. The van der Waals surface area contributed by atoms with Crippen molar-refractivity contribution in [1.82, 2.24) is 0 Å². The molecule has 2 aliphatic heterocycles. The van der Waals surface area contributed by atoms with E-state index in [-0.39, 0.29) is 47.5 Å². The van der Waals surface area contributed by atoms with Crippen molar-refractivity contribution in [2.75, 3.05) is 0 Å². The van der Waals surface area contributed by atoms with Gasteiger partial charge in [-0.25, -0.2) is 0 Å². The van der Waals surface area contributed by atoms with E-state index < -0.39 is 0 Å². The average molecular weight is 367 g/mol. The van der Waals surface area contributed by atoms with Crippen LogP contribution in [0.4, 0.5) is 0 Å². The normalized spacial score (nSPS) is 55.4. The molecule has 0 bridgehead atoms. The largest absolute Gasteiger partial charge is 0.393 e. The van der Waals surface area contributed by atoms with Crippen molar-refractivity contribution in [3.63, 3.8) is 0 Å². The summed E-state index contributed by atoms with van der Waals surface area (Å²) in [7, 11) is 0. The van der Waals surface area contributed by atoms with Crippen LogP contribution in [0.25, 0.3) is 0 Å². The van der Waals surface area contributed by atoms with Gasteiger partial charge in [0, 0.05) is 0 Å². The molecular formula is C22H38O4. The predicted molar refractivity (Wildman–Crippen MR) is 101 cm³/mol. The third-order valence-corrected chi connectivity index (χ3v) is 8.71. The van der Waals surface area contributed by atoms with Gasteiger partial charge in [-0.3, -0.25) is 0 Å². The molecule has 4 rings (SSSR count). The lowest BCUT2D eigenvalue weighted by Crippen LogP contribution is -2.69. The minimum absolute atomic E-state index is 0.0176. The second-order valence-electron chi connectivity index (χ2n) is 11.1. The van der Waals surface area contributed by atoms with Crippen LogP contribution in [-0.2, 0) is 9.47 Å². The second-order valence-corrected chi connectivity index (χ2v) is 11.1. The number of fused-ring (bicyclic) bond motifs is 3. The fourth-order valence-corrected chi connectivity index (χ4v) is 6.60. The Hall–Kier alpha value is -0.160. The summed E-state index contributed by atoms with van der Waals surface area (Å²) in [6, 6.07) is 0. The lowest BCUT2D eigenvalue weighted by Gasteiger charge is -2.64. The lowest BCUT2D eigenvalue weighted by atomic mass is 9.54. The SMILES string of the molecule is CC1CC2OC3C(OC4CC(C)C(O)CC4C3(C)C)C(C)(C)C2CC1O. The maximum atomic E-state index is 10.5. The fraction of sp³-hybridized carbons (Fsp3) is 1.00. The molecule has 2 heterocycles. The maximum Gasteiger partial charge on any atom is 0.0900 e. The molecule has 0 spiro atoms. The van der Waals surface area contributed by atoms with E-state index in [0.717, 1.165) is 25.7 Å². The Morgan fingerprint density at radius 3 is 1.35 bits per heavy atom. The van der Waals surface area contributed by atoms with E-state index in [1.54, 1.807) is 0 Å². The molecule has 4 aliphatic rings. The van der Waals surface area contributed by atoms with Gasteiger partial charge in [0.1, 0.15) is 0 Å². The summed E-state index contributed by atoms with van der Waals surface area (Å²) < 4.78 is 13.5. The van der Waals surface area contributed by atoms with Gasteiger partial charge >= 0.3 is 0 Å². The number of ether oxygens (including phenoxy) is 2. The molecule has 0 aromatic heterocycles. The topological polar surface area (TPSA) is 58.9 Å². The Labute approximate surface area is 158 Å². The number of hydrogen-bond acceptors (Lipinski definition) is 4. The zero-order chi connectivity index (χ0) is 19.0. The molecule has 0 aromatic rings. The van der Waals surface area contributed by atoms with Crippen molar-refractivity contribution in [2.24, 2.45) is 34.5 Å². The van der Waals surface area contributed by atoms with Crippen LogP contribution < -0.4 is 0 Å². The van der Waals surface area contributed by atoms with Crippen LogP contribution in [0, 0.1) is 34.5 Å². The molecule has 0 aromatic carbocycles. The smallest absolute Gasteiger partial charge is 0.0900 e. The average Bonchev–Trinajstić information content (AvgIpc) is 2.54. The van der Waals surface area contributed by atoms with Crippen LogP contribution in [0.2, 0.25) is 0 Å². The Morgan fingerprint density at radius 2 is 1.00 bits per heavy atom. The first-order valence-electron chi connectivity index (χ1n) is 10.7. The van der Waals surface area contributed by atoms with Gasteiger partial charge in [0.25, 0.3) is 0 Å². The van der Waals surface area contributed by atoms with Crippen molar-refractivity contribution in [2.45, 2.75) is 104 Å². The van der Waals surface area contributed by atoms with Crippen molar-refractivity contribution >= 4 is 0 Å². The van der Waals surface area contributed by atoms with Crippen molar-refractivity contribution in [3.8, 4) is 0 Å². The van der Waals surface area contributed by atoms with Crippen LogP contribution >= 0.6 is 0 Å². The highest BCUT2D eigenvalue weighted by molar-refractivity contribution is 5.10. The second kappa shape index (κ2) is 6.17. The van der Waals surface area contributed by atoms with Crippen molar-refractivity contribution in [3.05, 3.63) is 0 Å². The summed E-state index contributed by atoms with van der Waals surface area (Å²) >= 11 is 0. The zero-order valence-corrected chi connectivity index (χ0v) is 17.3. The molecule has 10 atom stereocenters. The molecule has 26 heavy (non-hydrogen) atoms. The van der Waals surface area contributed by atoms with E-state index in [4.69, 9.17) is 9.47 Å². The first-order valence-corrected chi connectivity index (χ1v) is 10.7. The monoisotopic (exact) mass is 366 g/mol. The minimum atomic E-state index is -0.232. The van der Waals surface area contributed by atoms with Gasteiger partial charge in [0.05, 0.1) is 36.6 Å². The molecule has 2 aliphatic carbocycles. The van der Waals surface area contributed by atoms with Gasteiger partial charge in [-0.2, -0.15) is 0 Å². The third kappa shape index (κ3) is 2.70. The zero-order valence-electron chi connectivity index (χ0n) is 17.3. The molecule has 4 heteroatoms. The first kappa shape index (κ1) is 19.2. The van der Waals surface area contributed by atoms with Gasteiger partial charge in [-0.05, 0) is 60.2 Å². The third-order valence-electron chi connectivity index (χ3n) is 8.71. The summed E-state index contributed by atoms with van der Waals surface area (Å²) in [5.74, 6) is 1.27. The van der Waals surface area contributed by atoms with Crippen LogP contribution in [0.5, 0.6) is 0 Å². The van der Waals surface area contributed by atoms with Gasteiger partial charge in [0.2, 0.25) is 0 Å². The van der Waals surface area contributed by atoms with E-state index in [2.05, 4.69) is 41.5 Å². The van der Waals surface area contributed by atoms with E-state index in [0.29, 0.717) is 23.7 Å². The highest BCUT2D eigenvalue weighted by Crippen LogP contribution is 2.59. The Bertz CT molecular complexity index is 496. The Morgan fingerprint density at radius 1 is 0.654 bits per heavy atom. The lowest BCUT2D eigenvalue weighted by molar-refractivity contribution is -0.327. The molecule has 10 unspecified atom stereocenters. The van der Waals surface area contributed by atoms with Gasteiger partial charge in [0.15, 0.2) is 0 Å². The van der Waals surface area contributed by atoms with Crippen molar-refractivity contribution < 1.29 is 19.7 Å². The molecule has 2 saturated heterocycles. The Kier molecular flexibility index (Phi) is 4.55. The van der Waals surface area contributed by atoms with E-state index in [1.165, 1.54) is 0 Å². The van der Waals surface area contributed by atoms with Crippen LogP contribution in [-0.4, -0.2) is 46.8 Å². The summed E-state index contributed by atoms with van der Waals surface area (Å²) in [4.78, 5) is 0. The summed E-state index contributed by atoms with van der Waals surface area (Å²) in [5.41, 5.74) is -0.0352. The van der Waals surface area contributed by atoms with E-state index in [1.807, 2.05) is 0 Å². The first-order chi connectivity index (χ1) is 12.0. The van der Waals surface area contributed by atoms with Gasteiger partial charge in [-0.15, -0.1) is 0 Å². The number of aliphatic hydroxyl groups is 2. The van der Waals surface area contributed by atoms with Gasteiger partial charge < -0.3 is 19.7 Å². The number of rotatable bonds is 0. The number of aliphatic hydroxyl groups excluding tert-OH is 2. The minimum Gasteiger partial charge on any atom is -0.393 e. The van der Waals surface area contributed by atoms with E-state index >= 15 is 0 Å². The summed E-state index contributed by atoms with van der Waals surface area (Å²) in [5, 5.41) is 20.9. The molecule has 0 radical (unpaired) electrons. The molecule has 150 valence electrons. The highest BCUT2D eigenvalue weighted by atomic mass is 16.6. The molecular weight excluding hydrogens is 328 g/mol. The summed E-state index contributed by atoms with van der Waals surface area (Å²) in [6.07, 6.45) is 3.56. The number of hydrogen-bond donors (Lipinski definition) is 2. The highest BCUT2D eigenvalue weighted by Gasteiger charge is 2.63. The Balaban J connectivity index is 1.66. The molecule has 4 fully saturated rings. The fourth-order valence-electron chi connectivity index (χ4n) is 6.60. The standard InChI is InChI=1S/C22H38O4/c1-11-7-17-13(9-15(11)23)21(3,4)20-19(25-17)22(5,6)14-10-16(24)12(2)8-18(14)26-20/h11-20,23-24H,7-10H2,1-6H3. The van der Waals surface area contributed by atoms with Crippen LogP contribution in [0.3, 0.4) is 0 Å². The molecule has 4 nitrogen and oxygen atoms in total. The quantitative estimate of drug-likeness (QED) is 0.690. The molecule has 2 N–H and O–H groups in total. The molecule has 0 amide bonds. The van der Waals surface area contributed by atoms with Crippen molar-refractivity contribution in [1.29, 1.82) is 0 Å². The van der Waals surface area contributed by atoms with Gasteiger partial charge in [-0.1, -0.05) is 41.5 Å².